The van der Waals surface area contributed by atoms with Gasteiger partial charge >= 0.3 is 0 Å². The van der Waals surface area contributed by atoms with Gasteiger partial charge in [-0.3, -0.25) is 9.59 Å². The summed E-state index contributed by atoms with van der Waals surface area (Å²) in [6.07, 6.45) is 1.31. The molecule has 3 aromatic rings. The molecule has 0 aliphatic carbocycles. The summed E-state index contributed by atoms with van der Waals surface area (Å²) in [5.41, 5.74) is 3.37. The number of aryl methyl sites for hydroxylation is 2. The highest BCUT2D eigenvalue weighted by atomic mass is 16.5. The molecule has 2 amide bonds. The van der Waals surface area contributed by atoms with Gasteiger partial charge in [0, 0.05) is 42.7 Å². The number of likely N-dealkylation sites (tertiary alicyclic amines) is 1. The number of anilines is 1. The topological polar surface area (TPSA) is 88.3 Å². The lowest BCUT2D eigenvalue weighted by Crippen LogP contribution is -2.41. The lowest BCUT2D eigenvalue weighted by molar-refractivity contribution is -0.121. The standard InChI is InChI=1S/C23H24N4O3/c1-15-3-9-20(10-4-15)25-22(28)18-11-13-27(14-12-18)23(29)19-7-5-17(6-8-19)21-24-16(2)30-26-21/h3-10,18H,11-14H2,1-2H3,(H,25,28). The van der Waals surface area contributed by atoms with Crippen LogP contribution in [0, 0.1) is 19.8 Å². The van der Waals surface area contributed by atoms with Crippen LogP contribution in [-0.4, -0.2) is 39.9 Å². The van der Waals surface area contributed by atoms with Crippen LogP contribution in [0.3, 0.4) is 0 Å². The molecule has 154 valence electrons. The van der Waals surface area contributed by atoms with Crippen molar-refractivity contribution in [2.75, 3.05) is 18.4 Å². The zero-order chi connectivity index (χ0) is 21.1. The highest BCUT2D eigenvalue weighted by Crippen LogP contribution is 2.22. The Labute approximate surface area is 175 Å². The molecular formula is C23H24N4O3. The van der Waals surface area contributed by atoms with Crippen molar-refractivity contribution in [2.24, 2.45) is 5.92 Å². The Bertz CT molecular complexity index is 1030. The van der Waals surface area contributed by atoms with Gasteiger partial charge in [0.2, 0.25) is 17.6 Å². The Balaban J connectivity index is 1.32. The van der Waals surface area contributed by atoms with Crippen LogP contribution in [0.1, 0.15) is 34.7 Å². The molecular weight excluding hydrogens is 380 g/mol. The fourth-order valence-corrected chi connectivity index (χ4v) is 3.59. The number of amides is 2. The SMILES string of the molecule is Cc1ccc(NC(=O)C2CCN(C(=O)c3ccc(-c4noc(C)n4)cc3)CC2)cc1. The maximum atomic E-state index is 12.8. The van der Waals surface area contributed by atoms with Gasteiger partial charge < -0.3 is 14.7 Å². The largest absolute Gasteiger partial charge is 0.339 e. The highest BCUT2D eigenvalue weighted by Gasteiger charge is 2.28. The number of carbonyl (C=O) groups excluding carboxylic acids is 2. The average Bonchev–Trinajstić information content (AvgIpc) is 3.21. The summed E-state index contributed by atoms with van der Waals surface area (Å²) in [5.74, 6) is 0.916. The Hall–Kier alpha value is -3.48. The van der Waals surface area contributed by atoms with Crippen LogP contribution in [-0.2, 0) is 4.79 Å². The summed E-state index contributed by atoms with van der Waals surface area (Å²) in [7, 11) is 0. The number of rotatable bonds is 4. The quantitative estimate of drug-likeness (QED) is 0.714. The van der Waals surface area contributed by atoms with Crippen LogP contribution in [0.4, 0.5) is 5.69 Å². The van der Waals surface area contributed by atoms with Gasteiger partial charge in [-0.15, -0.1) is 0 Å². The van der Waals surface area contributed by atoms with Crippen molar-refractivity contribution in [3.05, 3.63) is 65.5 Å². The monoisotopic (exact) mass is 404 g/mol. The second-order valence-corrected chi connectivity index (χ2v) is 7.64. The lowest BCUT2D eigenvalue weighted by Gasteiger charge is -2.31. The number of nitrogens with one attached hydrogen (secondary N) is 1. The molecule has 4 rings (SSSR count). The zero-order valence-corrected chi connectivity index (χ0v) is 17.1. The fraction of sp³-hybridized carbons (Fsp3) is 0.304. The number of hydrogen-bond donors (Lipinski definition) is 1. The van der Waals surface area contributed by atoms with Crippen molar-refractivity contribution in [1.82, 2.24) is 15.0 Å². The summed E-state index contributed by atoms with van der Waals surface area (Å²) < 4.78 is 4.99. The molecule has 30 heavy (non-hydrogen) atoms. The molecule has 2 heterocycles. The first-order valence-corrected chi connectivity index (χ1v) is 10.1. The predicted octanol–water partition coefficient (Wildman–Crippen LogP) is 3.84. The molecule has 0 atom stereocenters. The minimum Gasteiger partial charge on any atom is -0.339 e. The van der Waals surface area contributed by atoms with E-state index in [0.29, 0.717) is 43.2 Å². The third kappa shape index (κ3) is 4.40. The van der Waals surface area contributed by atoms with Crippen LogP contribution in [0.25, 0.3) is 11.4 Å². The minimum atomic E-state index is -0.0841. The fourth-order valence-electron chi connectivity index (χ4n) is 3.59. The molecule has 1 saturated heterocycles. The van der Waals surface area contributed by atoms with E-state index in [1.807, 2.05) is 48.2 Å². The number of aromatic nitrogens is 2. The zero-order valence-electron chi connectivity index (χ0n) is 17.1. The maximum absolute atomic E-state index is 12.8. The Morgan fingerprint density at radius 1 is 1.00 bits per heavy atom. The van der Waals surface area contributed by atoms with Gasteiger partial charge in [0.15, 0.2) is 0 Å². The van der Waals surface area contributed by atoms with Crippen LogP contribution < -0.4 is 5.32 Å². The summed E-state index contributed by atoms with van der Waals surface area (Å²) in [6.45, 7) is 4.88. The van der Waals surface area contributed by atoms with E-state index in [0.717, 1.165) is 16.8 Å². The average molecular weight is 404 g/mol. The van der Waals surface area contributed by atoms with Crippen LogP contribution >= 0.6 is 0 Å². The number of carbonyl (C=O) groups is 2. The summed E-state index contributed by atoms with van der Waals surface area (Å²) in [5, 5.41) is 6.87. The maximum Gasteiger partial charge on any atom is 0.253 e. The number of benzene rings is 2. The van der Waals surface area contributed by atoms with Crippen LogP contribution in [0.15, 0.2) is 53.1 Å². The molecule has 1 aliphatic heterocycles. The Morgan fingerprint density at radius 2 is 1.67 bits per heavy atom. The summed E-state index contributed by atoms with van der Waals surface area (Å²) in [6, 6.07) is 15.0. The van der Waals surface area contributed by atoms with E-state index in [4.69, 9.17) is 4.52 Å². The Morgan fingerprint density at radius 3 is 2.27 bits per heavy atom. The third-order valence-electron chi connectivity index (χ3n) is 5.39. The van der Waals surface area contributed by atoms with E-state index < -0.39 is 0 Å². The van der Waals surface area contributed by atoms with Gasteiger partial charge in [0.1, 0.15) is 0 Å². The van der Waals surface area contributed by atoms with E-state index in [1.165, 1.54) is 0 Å². The van der Waals surface area contributed by atoms with E-state index in [2.05, 4.69) is 15.5 Å². The molecule has 7 nitrogen and oxygen atoms in total. The number of hydrogen-bond acceptors (Lipinski definition) is 5. The molecule has 1 fully saturated rings. The molecule has 7 heteroatoms. The van der Waals surface area contributed by atoms with Gasteiger partial charge in [-0.05, 0) is 44.0 Å². The first kappa shape index (κ1) is 19.8. The molecule has 0 radical (unpaired) electrons. The molecule has 0 spiro atoms. The molecule has 0 saturated carbocycles. The van der Waals surface area contributed by atoms with E-state index in [-0.39, 0.29) is 17.7 Å². The molecule has 2 aromatic carbocycles. The van der Waals surface area contributed by atoms with Crippen molar-refractivity contribution >= 4 is 17.5 Å². The first-order valence-electron chi connectivity index (χ1n) is 10.1. The third-order valence-corrected chi connectivity index (χ3v) is 5.39. The summed E-state index contributed by atoms with van der Waals surface area (Å²) >= 11 is 0. The summed E-state index contributed by atoms with van der Waals surface area (Å²) in [4.78, 5) is 31.4. The van der Waals surface area contributed by atoms with E-state index >= 15 is 0 Å². The van der Waals surface area contributed by atoms with E-state index in [1.54, 1.807) is 19.1 Å². The Kier molecular flexibility index (Phi) is 5.61. The van der Waals surface area contributed by atoms with Crippen LogP contribution in [0.5, 0.6) is 0 Å². The number of piperidine rings is 1. The van der Waals surface area contributed by atoms with Crippen LogP contribution in [0.2, 0.25) is 0 Å². The smallest absolute Gasteiger partial charge is 0.253 e. The number of nitrogens with zero attached hydrogens (tertiary/aromatic N) is 3. The lowest BCUT2D eigenvalue weighted by atomic mass is 9.95. The van der Waals surface area contributed by atoms with Gasteiger partial charge in [-0.2, -0.15) is 4.98 Å². The van der Waals surface area contributed by atoms with Gasteiger partial charge in [-0.25, -0.2) is 0 Å². The van der Waals surface area contributed by atoms with Crippen molar-refractivity contribution < 1.29 is 14.1 Å². The molecule has 1 aliphatic rings. The van der Waals surface area contributed by atoms with Gasteiger partial charge in [0.25, 0.3) is 5.91 Å². The molecule has 0 bridgehead atoms. The molecule has 1 aromatic heterocycles. The van der Waals surface area contributed by atoms with Gasteiger partial charge in [-0.1, -0.05) is 35.0 Å². The van der Waals surface area contributed by atoms with Crippen molar-refractivity contribution in [2.45, 2.75) is 26.7 Å². The normalized spacial score (nSPS) is 14.5. The van der Waals surface area contributed by atoms with E-state index in [9.17, 15) is 9.59 Å². The second-order valence-electron chi connectivity index (χ2n) is 7.64. The van der Waals surface area contributed by atoms with Crippen molar-refractivity contribution in [3.8, 4) is 11.4 Å². The van der Waals surface area contributed by atoms with Gasteiger partial charge in [0.05, 0.1) is 0 Å². The van der Waals surface area contributed by atoms with Crippen molar-refractivity contribution in [1.29, 1.82) is 0 Å². The molecule has 1 N–H and O–H groups in total. The predicted molar refractivity (Wildman–Crippen MR) is 113 cm³/mol. The first-order chi connectivity index (χ1) is 14.5. The molecule has 0 unspecified atom stereocenters. The minimum absolute atomic E-state index is 0.0192. The second kappa shape index (κ2) is 8.49. The van der Waals surface area contributed by atoms with Crippen molar-refractivity contribution in [3.63, 3.8) is 0 Å². The highest BCUT2D eigenvalue weighted by molar-refractivity contribution is 5.95.